The molecule has 0 radical (unpaired) electrons. The lowest BCUT2D eigenvalue weighted by atomic mass is 10.3. The first-order valence-electron chi connectivity index (χ1n) is 3.29. The van der Waals surface area contributed by atoms with Crippen LogP contribution in [-0.4, -0.2) is 26.8 Å². The van der Waals surface area contributed by atoms with Gasteiger partial charge in [-0.3, -0.25) is 0 Å². The SMILES string of the molecule is O=C(O)C(F)(F)C(F)(F)n1cccn1. The molecule has 1 N–H and O–H groups in total. The van der Waals surface area contributed by atoms with Crippen molar-refractivity contribution in [2.75, 3.05) is 0 Å². The normalized spacial score (nSPS) is 12.9. The summed E-state index contributed by atoms with van der Waals surface area (Å²) in [5, 5.41) is 10.8. The third-order valence-electron chi connectivity index (χ3n) is 1.44. The molecule has 14 heavy (non-hydrogen) atoms. The van der Waals surface area contributed by atoms with Crippen molar-refractivity contribution < 1.29 is 27.5 Å². The monoisotopic (exact) mass is 212 g/mol. The predicted molar refractivity (Wildman–Crippen MR) is 35.0 cm³/mol. The lowest BCUT2D eigenvalue weighted by Gasteiger charge is -2.22. The van der Waals surface area contributed by atoms with Crippen LogP contribution in [0.5, 0.6) is 0 Å². The first-order chi connectivity index (χ1) is 6.30. The largest absolute Gasteiger partial charge is 0.477 e. The fourth-order valence-corrected chi connectivity index (χ4v) is 0.707. The van der Waals surface area contributed by atoms with Crippen LogP contribution in [0.25, 0.3) is 0 Å². The summed E-state index contributed by atoms with van der Waals surface area (Å²) in [6.45, 7) is 0. The number of aromatic nitrogens is 2. The van der Waals surface area contributed by atoms with Gasteiger partial charge in [-0.05, 0) is 6.07 Å². The third kappa shape index (κ3) is 1.32. The second kappa shape index (κ2) is 2.96. The lowest BCUT2D eigenvalue weighted by Crippen LogP contribution is -2.49. The number of nitrogens with zero attached hydrogens (tertiary/aromatic N) is 2. The van der Waals surface area contributed by atoms with Gasteiger partial charge in [-0.2, -0.15) is 22.7 Å². The highest BCUT2D eigenvalue weighted by atomic mass is 19.3. The Labute approximate surface area is 74.8 Å². The maximum atomic E-state index is 12.8. The summed E-state index contributed by atoms with van der Waals surface area (Å²) in [5.41, 5.74) is 0. The molecule has 0 spiro atoms. The van der Waals surface area contributed by atoms with Crippen LogP contribution in [0.1, 0.15) is 0 Å². The Morgan fingerprint density at radius 2 is 1.93 bits per heavy atom. The Morgan fingerprint density at radius 3 is 2.29 bits per heavy atom. The van der Waals surface area contributed by atoms with E-state index in [0.717, 1.165) is 12.3 Å². The summed E-state index contributed by atoms with van der Waals surface area (Å²) < 4.78 is 50.1. The maximum absolute atomic E-state index is 12.8. The summed E-state index contributed by atoms with van der Waals surface area (Å²) in [6, 6.07) is -3.91. The molecule has 1 heterocycles. The summed E-state index contributed by atoms with van der Waals surface area (Å²) in [5.74, 6) is -8.10. The molecular formula is C6H4F4N2O2. The second-order valence-electron chi connectivity index (χ2n) is 2.37. The maximum Gasteiger partial charge on any atom is 0.425 e. The molecule has 0 fully saturated rings. The second-order valence-corrected chi connectivity index (χ2v) is 2.37. The summed E-state index contributed by atoms with van der Waals surface area (Å²) in [7, 11) is 0. The fraction of sp³-hybridized carbons (Fsp3) is 0.333. The minimum Gasteiger partial charge on any atom is -0.477 e. The van der Waals surface area contributed by atoms with E-state index in [1.807, 2.05) is 0 Å². The number of halogens is 4. The number of carboxylic acid groups (broad SMARTS) is 1. The number of carbonyl (C=O) groups is 1. The Balaban J connectivity index is 3.13. The quantitative estimate of drug-likeness (QED) is 0.764. The Bertz CT molecular complexity index is 336. The van der Waals surface area contributed by atoms with Gasteiger partial charge in [0, 0.05) is 12.4 Å². The van der Waals surface area contributed by atoms with Crippen molar-refractivity contribution in [3.63, 3.8) is 0 Å². The van der Waals surface area contributed by atoms with Gasteiger partial charge in [-0.1, -0.05) is 0 Å². The van der Waals surface area contributed by atoms with Crippen LogP contribution in [0.4, 0.5) is 17.6 Å². The Morgan fingerprint density at radius 1 is 1.36 bits per heavy atom. The first kappa shape index (κ1) is 10.5. The van der Waals surface area contributed by atoms with Crippen LogP contribution in [0.3, 0.4) is 0 Å². The highest BCUT2D eigenvalue weighted by Gasteiger charge is 2.64. The van der Waals surface area contributed by atoms with E-state index in [4.69, 9.17) is 5.11 Å². The number of carboxylic acids is 1. The van der Waals surface area contributed by atoms with Crippen molar-refractivity contribution in [2.45, 2.75) is 12.0 Å². The van der Waals surface area contributed by atoms with Gasteiger partial charge in [0.1, 0.15) is 0 Å². The summed E-state index contributed by atoms with van der Waals surface area (Å²) in [4.78, 5) is 9.89. The fourth-order valence-electron chi connectivity index (χ4n) is 0.707. The van der Waals surface area contributed by atoms with E-state index in [1.165, 1.54) is 0 Å². The zero-order valence-electron chi connectivity index (χ0n) is 6.49. The zero-order chi connectivity index (χ0) is 11.0. The van der Waals surface area contributed by atoms with E-state index in [0.29, 0.717) is 6.20 Å². The minimum absolute atomic E-state index is 0.402. The van der Waals surface area contributed by atoms with E-state index in [2.05, 4.69) is 5.10 Å². The molecule has 0 saturated carbocycles. The molecular weight excluding hydrogens is 208 g/mol. The van der Waals surface area contributed by atoms with Crippen molar-refractivity contribution in [2.24, 2.45) is 0 Å². The van der Waals surface area contributed by atoms with Gasteiger partial charge in [-0.25, -0.2) is 9.48 Å². The van der Waals surface area contributed by atoms with Gasteiger partial charge < -0.3 is 5.11 Å². The highest BCUT2D eigenvalue weighted by molar-refractivity contribution is 5.76. The first-order valence-corrected chi connectivity index (χ1v) is 3.29. The molecule has 0 amide bonds. The molecule has 1 aromatic heterocycles. The van der Waals surface area contributed by atoms with Gasteiger partial charge in [-0.15, -0.1) is 0 Å². The van der Waals surface area contributed by atoms with Gasteiger partial charge in [0.2, 0.25) is 0 Å². The number of alkyl halides is 4. The van der Waals surface area contributed by atoms with Crippen molar-refractivity contribution in [1.29, 1.82) is 0 Å². The molecule has 0 unspecified atom stereocenters. The van der Waals surface area contributed by atoms with Crippen molar-refractivity contribution >= 4 is 5.97 Å². The van der Waals surface area contributed by atoms with Crippen LogP contribution >= 0.6 is 0 Å². The molecule has 0 aromatic carbocycles. The minimum atomic E-state index is -5.20. The van der Waals surface area contributed by atoms with E-state index < -0.39 is 22.6 Å². The van der Waals surface area contributed by atoms with E-state index in [9.17, 15) is 22.4 Å². The number of hydrogen-bond donors (Lipinski definition) is 1. The van der Waals surface area contributed by atoms with Gasteiger partial charge in [0.15, 0.2) is 0 Å². The molecule has 0 bridgehead atoms. The molecule has 1 rings (SSSR count). The summed E-state index contributed by atoms with van der Waals surface area (Å²) >= 11 is 0. The molecule has 0 saturated heterocycles. The van der Waals surface area contributed by atoms with Crippen LogP contribution in [0.2, 0.25) is 0 Å². The van der Waals surface area contributed by atoms with Gasteiger partial charge >= 0.3 is 17.9 Å². The smallest absolute Gasteiger partial charge is 0.425 e. The number of rotatable bonds is 3. The van der Waals surface area contributed by atoms with Crippen LogP contribution in [0.15, 0.2) is 18.5 Å². The van der Waals surface area contributed by atoms with Crippen molar-refractivity contribution in [1.82, 2.24) is 9.78 Å². The standard InChI is InChI=1S/C6H4F4N2O2/c7-5(8,4(13)14)6(9,10)12-3-1-2-11-12/h1-3H,(H,13,14). The van der Waals surface area contributed by atoms with Crippen LogP contribution in [-0.2, 0) is 10.8 Å². The lowest BCUT2D eigenvalue weighted by molar-refractivity contribution is -0.264. The molecule has 0 aliphatic heterocycles. The predicted octanol–water partition coefficient (Wildman–Crippen LogP) is 1.15. The summed E-state index contributed by atoms with van der Waals surface area (Å²) in [6.07, 6.45) is 1.39. The zero-order valence-corrected chi connectivity index (χ0v) is 6.49. The average molecular weight is 212 g/mol. The van der Waals surface area contributed by atoms with Crippen molar-refractivity contribution in [3.8, 4) is 0 Å². The highest BCUT2D eigenvalue weighted by Crippen LogP contribution is 2.37. The molecule has 78 valence electrons. The van der Waals surface area contributed by atoms with E-state index >= 15 is 0 Å². The topological polar surface area (TPSA) is 55.1 Å². The molecule has 0 atom stereocenters. The number of aliphatic carboxylic acids is 1. The third-order valence-corrected chi connectivity index (χ3v) is 1.44. The van der Waals surface area contributed by atoms with E-state index in [1.54, 1.807) is 0 Å². The van der Waals surface area contributed by atoms with Gasteiger partial charge in [0.25, 0.3) is 0 Å². The van der Waals surface area contributed by atoms with E-state index in [-0.39, 0.29) is 0 Å². The molecule has 0 aliphatic carbocycles. The van der Waals surface area contributed by atoms with Gasteiger partial charge in [0.05, 0.1) is 0 Å². The Kier molecular flexibility index (Phi) is 2.22. The molecule has 8 heteroatoms. The molecule has 0 aliphatic rings. The molecule has 4 nitrogen and oxygen atoms in total. The average Bonchev–Trinajstić information content (AvgIpc) is 2.55. The van der Waals surface area contributed by atoms with Crippen LogP contribution < -0.4 is 0 Å². The van der Waals surface area contributed by atoms with Crippen molar-refractivity contribution in [3.05, 3.63) is 18.5 Å². The molecule has 1 aromatic rings. The van der Waals surface area contributed by atoms with Crippen LogP contribution in [0, 0.1) is 0 Å². The Hall–Kier alpha value is -1.60. The number of hydrogen-bond acceptors (Lipinski definition) is 2.